The quantitative estimate of drug-likeness (QED) is 0.839. The molecule has 0 spiro atoms. The fourth-order valence-electron chi connectivity index (χ4n) is 1.34. The van der Waals surface area contributed by atoms with Gasteiger partial charge in [-0.15, -0.1) is 0 Å². The van der Waals surface area contributed by atoms with Gasteiger partial charge in [0.15, 0.2) is 0 Å². The molecule has 78 valence electrons. The van der Waals surface area contributed by atoms with Gasteiger partial charge < -0.3 is 0 Å². The third-order valence-corrected chi connectivity index (χ3v) is 2.50. The summed E-state index contributed by atoms with van der Waals surface area (Å²) < 4.78 is 24.4. The molecule has 5 heteroatoms. The maximum Gasteiger partial charge on any atom is 0.229 e. The SMILES string of the molecule is CS(=O)(=O)Nc1cnc2ccccc2c1. The van der Waals surface area contributed by atoms with Crippen LogP contribution in [0.25, 0.3) is 10.9 Å². The van der Waals surface area contributed by atoms with Crippen molar-refractivity contribution in [1.29, 1.82) is 0 Å². The number of anilines is 1. The highest BCUT2D eigenvalue weighted by molar-refractivity contribution is 7.92. The van der Waals surface area contributed by atoms with Crippen LogP contribution in [0, 0.1) is 0 Å². The summed E-state index contributed by atoms with van der Waals surface area (Å²) in [7, 11) is -3.24. The smallest absolute Gasteiger partial charge is 0.229 e. The summed E-state index contributed by atoms with van der Waals surface area (Å²) in [6.45, 7) is 0. The molecule has 0 aliphatic rings. The summed E-state index contributed by atoms with van der Waals surface area (Å²) in [6.07, 6.45) is 2.62. The molecule has 1 aromatic carbocycles. The number of pyridine rings is 1. The van der Waals surface area contributed by atoms with E-state index in [9.17, 15) is 8.42 Å². The monoisotopic (exact) mass is 222 g/mol. The van der Waals surface area contributed by atoms with Crippen LogP contribution in [0.4, 0.5) is 5.69 Å². The Morgan fingerprint density at radius 3 is 2.73 bits per heavy atom. The topological polar surface area (TPSA) is 59.1 Å². The van der Waals surface area contributed by atoms with Gasteiger partial charge in [-0.25, -0.2) is 8.42 Å². The number of fused-ring (bicyclic) bond motifs is 1. The van der Waals surface area contributed by atoms with Crippen molar-refractivity contribution in [3.63, 3.8) is 0 Å². The summed E-state index contributed by atoms with van der Waals surface area (Å²) in [5, 5.41) is 0.908. The first-order valence-corrected chi connectivity index (χ1v) is 6.26. The highest BCUT2D eigenvalue weighted by atomic mass is 32.2. The lowest BCUT2D eigenvalue weighted by Crippen LogP contribution is -2.09. The first kappa shape index (κ1) is 9.92. The van der Waals surface area contributed by atoms with Gasteiger partial charge in [-0.1, -0.05) is 18.2 Å². The van der Waals surface area contributed by atoms with E-state index in [1.165, 1.54) is 6.20 Å². The molecule has 0 fully saturated rings. The van der Waals surface area contributed by atoms with E-state index >= 15 is 0 Å². The van der Waals surface area contributed by atoms with Crippen LogP contribution in [0.2, 0.25) is 0 Å². The fourth-order valence-corrected chi connectivity index (χ4v) is 1.88. The summed E-state index contributed by atoms with van der Waals surface area (Å²) in [5.74, 6) is 0. The van der Waals surface area contributed by atoms with Gasteiger partial charge >= 0.3 is 0 Å². The number of para-hydroxylation sites is 1. The zero-order chi connectivity index (χ0) is 10.9. The molecular formula is C10H10N2O2S. The molecule has 2 rings (SSSR count). The van der Waals surface area contributed by atoms with Gasteiger partial charge in [-0.3, -0.25) is 9.71 Å². The summed E-state index contributed by atoms with van der Waals surface area (Å²) in [4.78, 5) is 4.14. The lowest BCUT2D eigenvalue weighted by atomic mass is 10.2. The van der Waals surface area contributed by atoms with Crippen molar-refractivity contribution in [2.45, 2.75) is 0 Å². The molecule has 2 aromatic rings. The van der Waals surface area contributed by atoms with Gasteiger partial charge in [-0.2, -0.15) is 0 Å². The molecule has 0 unspecified atom stereocenters. The average molecular weight is 222 g/mol. The van der Waals surface area contributed by atoms with Crippen LogP contribution < -0.4 is 4.72 Å². The first-order chi connectivity index (χ1) is 7.04. The molecule has 0 saturated carbocycles. The van der Waals surface area contributed by atoms with Crippen LogP contribution in [0.15, 0.2) is 36.5 Å². The number of aromatic nitrogens is 1. The molecule has 1 aromatic heterocycles. The first-order valence-electron chi connectivity index (χ1n) is 4.37. The Morgan fingerprint density at radius 1 is 1.27 bits per heavy atom. The number of nitrogens with one attached hydrogen (secondary N) is 1. The zero-order valence-electron chi connectivity index (χ0n) is 8.14. The van der Waals surface area contributed by atoms with Crippen LogP contribution in [0.3, 0.4) is 0 Å². The van der Waals surface area contributed by atoms with E-state index in [4.69, 9.17) is 0 Å². The summed E-state index contributed by atoms with van der Waals surface area (Å²) in [5.41, 5.74) is 1.33. The molecule has 0 radical (unpaired) electrons. The number of sulfonamides is 1. The van der Waals surface area contributed by atoms with E-state index in [2.05, 4.69) is 9.71 Å². The normalized spacial score (nSPS) is 11.5. The molecule has 0 aliphatic heterocycles. The van der Waals surface area contributed by atoms with Crippen molar-refractivity contribution in [1.82, 2.24) is 4.98 Å². The van der Waals surface area contributed by atoms with Crippen molar-refractivity contribution in [2.75, 3.05) is 11.0 Å². The highest BCUT2D eigenvalue weighted by Gasteiger charge is 2.02. The maximum atomic E-state index is 11.0. The maximum absolute atomic E-state index is 11.0. The molecule has 15 heavy (non-hydrogen) atoms. The van der Waals surface area contributed by atoms with E-state index in [-0.39, 0.29) is 0 Å². The van der Waals surface area contributed by atoms with Gasteiger partial charge in [0, 0.05) is 5.39 Å². The van der Waals surface area contributed by atoms with Gasteiger partial charge in [0.1, 0.15) is 0 Å². The minimum absolute atomic E-state index is 0.483. The molecule has 0 bridgehead atoms. The van der Waals surface area contributed by atoms with Gasteiger partial charge in [-0.05, 0) is 12.1 Å². The van der Waals surface area contributed by atoms with Gasteiger partial charge in [0.05, 0.1) is 23.7 Å². The Bertz CT molecular complexity index is 593. The molecule has 0 amide bonds. The predicted molar refractivity (Wildman–Crippen MR) is 60.2 cm³/mol. The largest absolute Gasteiger partial charge is 0.282 e. The third-order valence-electron chi connectivity index (χ3n) is 1.89. The zero-order valence-corrected chi connectivity index (χ0v) is 8.95. The lowest BCUT2D eigenvalue weighted by Gasteiger charge is -2.04. The highest BCUT2D eigenvalue weighted by Crippen LogP contribution is 2.16. The average Bonchev–Trinajstić information content (AvgIpc) is 2.15. The van der Waals surface area contributed by atoms with E-state index in [0.29, 0.717) is 5.69 Å². The van der Waals surface area contributed by atoms with Gasteiger partial charge in [0.25, 0.3) is 0 Å². The van der Waals surface area contributed by atoms with Crippen LogP contribution in [0.5, 0.6) is 0 Å². The molecule has 1 N–H and O–H groups in total. The van der Waals surface area contributed by atoms with Gasteiger partial charge in [0.2, 0.25) is 10.0 Å². The summed E-state index contributed by atoms with van der Waals surface area (Å²) in [6, 6.07) is 9.28. The molecule has 0 saturated heterocycles. The molecular weight excluding hydrogens is 212 g/mol. The number of benzene rings is 1. The number of nitrogens with zero attached hydrogens (tertiary/aromatic N) is 1. The molecule has 4 nitrogen and oxygen atoms in total. The second kappa shape index (κ2) is 3.51. The van der Waals surface area contributed by atoms with Crippen LogP contribution in [-0.4, -0.2) is 19.7 Å². The van der Waals surface area contributed by atoms with Crippen molar-refractivity contribution in [3.8, 4) is 0 Å². The van der Waals surface area contributed by atoms with Crippen molar-refractivity contribution in [3.05, 3.63) is 36.5 Å². The summed E-state index contributed by atoms with van der Waals surface area (Å²) >= 11 is 0. The van der Waals surface area contributed by atoms with Crippen LogP contribution in [0.1, 0.15) is 0 Å². The number of hydrogen-bond donors (Lipinski definition) is 1. The van der Waals surface area contributed by atoms with E-state index in [0.717, 1.165) is 17.2 Å². The second-order valence-corrected chi connectivity index (χ2v) is 5.04. The fraction of sp³-hybridized carbons (Fsp3) is 0.100. The van der Waals surface area contributed by atoms with E-state index < -0.39 is 10.0 Å². The van der Waals surface area contributed by atoms with Crippen LogP contribution >= 0.6 is 0 Å². The van der Waals surface area contributed by atoms with E-state index in [1.54, 1.807) is 6.07 Å². The standard InChI is InChI=1S/C10H10N2O2S/c1-15(13,14)12-9-6-8-4-2-3-5-10(8)11-7-9/h2-7,12H,1H3. The van der Waals surface area contributed by atoms with Crippen molar-refractivity contribution < 1.29 is 8.42 Å². The minimum Gasteiger partial charge on any atom is -0.282 e. The van der Waals surface area contributed by atoms with Crippen molar-refractivity contribution in [2.24, 2.45) is 0 Å². The van der Waals surface area contributed by atoms with Crippen LogP contribution in [-0.2, 0) is 10.0 Å². The Labute approximate surface area is 88.0 Å². The lowest BCUT2D eigenvalue weighted by molar-refractivity contribution is 0.607. The Kier molecular flexibility index (Phi) is 2.32. The third kappa shape index (κ3) is 2.44. The Balaban J connectivity index is 2.48. The minimum atomic E-state index is -3.24. The second-order valence-electron chi connectivity index (χ2n) is 3.29. The molecule has 0 atom stereocenters. The Morgan fingerprint density at radius 2 is 2.00 bits per heavy atom. The molecule has 1 heterocycles. The number of hydrogen-bond acceptors (Lipinski definition) is 3. The Hall–Kier alpha value is -1.62. The number of rotatable bonds is 2. The van der Waals surface area contributed by atoms with Crippen molar-refractivity contribution >= 4 is 26.6 Å². The predicted octanol–water partition coefficient (Wildman–Crippen LogP) is 1.61. The van der Waals surface area contributed by atoms with E-state index in [1.807, 2.05) is 24.3 Å². The molecule has 0 aliphatic carbocycles.